The van der Waals surface area contributed by atoms with Gasteiger partial charge < -0.3 is 5.11 Å². The minimum absolute atomic E-state index is 0.497. The third kappa shape index (κ3) is 2.35. The first-order valence-electron chi connectivity index (χ1n) is 7.02. The van der Waals surface area contributed by atoms with E-state index in [0.29, 0.717) is 12.0 Å². The summed E-state index contributed by atoms with van der Waals surface area (Å²) in [6.07, 6.45) is 8.80. The first kappa shape index (κ1) is 12.9. The van der Waals surface area contributed by atoms with Crippen LogP contribution in [0.3, 0.4) is 0 Å². The van der Waals surface area contributed by atoms with Crippen molar-refractivity contribution in [1.82, 2.24) is 4.90 Å². The molecule has 2 fully saturated rings. The van der Waals surface area contributed by atoms with Crippen molar-refractivity contribution in [3.05, 3.63) is 0 Å². The molecule has 3 heteroatoms. The molecular formula is C14H25NO2. The fraction of sp³-hybridized carbons (Fsp3) is 0.929. The first-order chi connectivity index (χ1) is 8.06. The summed E-state index contributed by atoms with van der Waals surface area (Å²) < 4.78 is 0. The number of likely N-dealkylation sites (N-methyl/N-ethyl adjacent to an activating group) is 1. The van der Waals surface area contributed by atoms with Gasteiger partial charge in [0.1, 0.15) is 5.54 Å². The van der Waals surface area contributed by atoms with Crippen LogP contribution in [0.25, 0.3) is 0 Å². The summed E-state index contributed by atoms with van der Waals surface area (Å²) in [5, 5.41) is 9.70. The molecule has 2 aliphatic carbocycles. The van der Waals surface area contributed by atoms with E-state index in [4.69, 9.17) is 0 Å². The Morgan fingerprint density at radius 3 is 2.41 bits per heavy atom. The average molecular weight is 239 g/mol. The third-order valence-corrected chi connectivity index (χ3v) is 4.92. The standard InChI is InChI=1S/C14H25NO2/c1-11-6-5-9-14(10-11,13(16)17)15(2)12-7-3-4-8-12/h11-12H,3-10H2,1-2H3,(H,16,17). The van der Waals surface area contributed by atoms with Gasteiger partial charge in [-0.25, -0.2) is 0 Å². The molecule has 0 aliphatic heterocycles. The van der Waals surface area contributed by atoms with Crippen LogP contribution in [0, 0.1) is 5.92 Å². The number of carbonyl (C=O) groups is 1. The largest absolute Gasteiger partial charge is 0.480 e. The molecule has 0 saturated heterocycles. The van der Waals surface area contributed by atoms with Gasteiger partial charge in [-0.1, -0.05) is 32.6 Å². The quantitative estimate of drug-likeness (QED) is 0.823. The lowest BCUT2D eigenvalue weighted by molar-refractivity contribution is -0.156. The molecule has 0 spiro atoms. The number of rotatable bonds is 3. The zero-order chi connectivity index (χ0) is 12.5. The van der Waals surface area contributed by atoms with E-state index in [1.807, 2.05) is 7.05 Å². The molecule has 0 heterocycles. The van der Waals surface area contributed by atoms with Crippen molar-refractivity contribution in [3.8, 4) is 0 Å². The first-order valence-corrected chi connectivity index (χ1v) is 7.02. The van der Waals surface area contributed by atoms with Gasteiger partial charge in [0.05, 0.1) is 0 Å². The lowest BCUT2D eigenvalue weighted by Crippen LogP contribution is -2.58. The zero-order valence-electron chi connectivity index (χ0n) is 11.1. The van der Waals surface area contributed by atoms with E-state index in [9.17, 15) is 9.90 Å². The zero-order valence-corrected chi connectivity index (χ0v) is 11.1. The van der Waals surface area contributed by atoms with Crippen LogP contribution in [0.15, 0.2) is 0 Å². The SMILES string of the molecule is CC1CCCC(C(=O)O)(N(C)C2CCCC2)C1. The Morgan fingerprint density at radius 2 is 1.88 bits per heavy atom. The van der Waals surface area contributed by atoms with E-state index in [1.165, 1.54) is 32.1 Å². The molecule has 2 atom stereocenters. The topological polar surface area (TPSA) is 40.5 Å². The van der Waals surface area contributed by atoms with Crippen LogP contribution in [0.2, 0.25) is 0 Å². The predicted molar refractivity (Wildman–Crippen MR) is 68.0 cm³/mol. The Kier molecular flexibility index (Phi) is 3.76. The number of hydrogen-bond acceptors (Lipinski definition) is 2. The molecule has 0 aromatic carbocycles. The van der Waals surface area contributed by atoms with Gasteiger partial charge in [0.15, 0.2) is 0 Å². The number of aliphatic carboxylic acids is 1. The molecular weight excluding hydrogens is 214 g/mol. The Labute approximate surface area is 104 Å². The van der Waals surface area contributed by atoms with E-state index >= 15 is 0 Å². The number of nitrogens with zero attached hydrogens (tertiary/aromatic N) is 1. The maximum absolute atomic E-state index is 11.8. The lowest BCUT2D eigenvalue weighted by Gasteiger charge is -2.46. The highest BCUT2D eigenvalue weighted by molar-refractivity contribution is 5.79. The van der Waals surface area contributed by atoms with Crippen LogP contribution < -0.4 is 0 Å². The predicted octanol–water partition coefficient (Wildman–Crippen LogP) is 2.89. The van der Waals surface area contributed by atoms with Crippen LogP contribution in [0.4, 0.5) is 0 Å². The van der Waals surface area contributed by atoms with Gasteiger partial charge >= 0.3 is 5.97 Å². The van der Waals surface area contributed by atoms with Gasteiger partial charge in [-0.2, -0.15) is 0 Å². The van der Waals surface area contributed by atoms with Gasteiger partial charge in [-0.15, -0.1) is 0 Å². The van der Waals surface area contributed by atoms with Crippen molar-refractivity contribution in [2.24, 2.45) is 5.92 Å². The van der Waals surface area contributed by atoms with Crippen molar-refractivity contribution in [3.63, 3.8) is 0 Å². The molecule has 0 bridgehead atoms. The van der Waals surface area contributed by atoms with E-state index < -0.39 is 11.5 Å². The summed E-state index contributed by atoms with van der Waals surface area (Å²) in [4.78, 5) is 14.0. The maximum Gasteiger partial charge on any atom is 0.324 e. The van der Waals surface area contributed by atoms with Gasteiger partial charge in [-0.3, -0.25) is 9.69 Å². The summed E-state index contributed by atoms with van der Waals surface area (Å²) in [5.41, 5.74) is -0.577. The molecule has 17 heavy (non-hydrogen) atoms. The molecule has 0 amide bonds. The molecule has 2 rings (SSSR count). The Hall–Kier alpha value is -0.570. The minimum atomic E-state index is -0.599. The minimum Gasteiger partial charge on any atom is -0.480 e. The second-order valence-electron chi connectivity index (χ2n) is 6.09. The van der Waals surface area contributed by atoms with E-state index in [-0.39, 0.29) is 0 Å². The molecule has 2 aliphatic rings. The van der Waals surface area contributed by atoms with Crippen LogP contribution in [0.1, 0.15) is 58.3 Å². The number of carboxylic acid groups (broad SMARTS) is 1. The van der Waals surface area contributed by atoms with Gasteiger partial charge in [-0.05, 0) is 38.6 Å². The number of carboxylic acids is 1. The second-order valence-corrected chi connectivity index (χ2v) is 6.09. The maximum atomic E-state index is 11.8. The highest BCUT2D eigenvalue weighted by Crippen LogP contribution is 2.39. The van der Waals surface area contributed by atoms with Gasteiger partial charge in [0.2, 0.25) is 0 Å². The Bertz CT molecular complexity index is 286. The molecule has 2 saturated carbocycles. The third-order valence-electron chi connectivity index (χ3n) is 4.92. The highest BCUT2D eigenvalue weighted by atomic mass is 16.4. The summed E-state index contributed by atoms with van der Waals surface area (Å²) in [7, 11) is 2.04. The molecule has 0 aromatic rings. The van der Waals surface area contributed by atoms with Crippen molar-refractivity contribution in [1.29, 1.82) is 0 Å². The fourth-order valence-electron chi connectivity index (χ4n) is 3.83. The average Bonchev–Trinajstić information content (AvgIpc) is 2.81. The highest BCUT2D eigenvalue weighted by Gasteiger charge is 2.47. The van der Waals surface area contributed by atoms with Crippen molar-refractivity contribution >= 4 is 5.97 Å². The lowest BCUT2D eigenvalue weighted by atomic mass is 9.75. The van der Waals surface area contributed by atoms with Crippen molar-refractivity contribution < 1.29 is 9.90 Å². The fourth-order valence-corrected chi connectivity index (χ4v) is 3.83. The van der Waals surface area contributed by atoms with Gasteiger partial charge in [0.25, 0.3) is 0 Å². The van der Waals surface area contributed by atoms with E-state index in [2.05, 4.69) is 11.8 Å². The Morgan fingerprint density at radius 1 is 1.24 bits per heavy atom. The summed E-state index contributed by atoms with van der Waals surface area (Å²) in [6, 6.07) is 0.497. The van der Waals surface area contributed by atoms with Crippen LogP contribution >= 0.6 is 0 Å². The molecule has 1 N–H and O–H groups in total. The summed E-state index contributed by atoms with van der Waals surface area (Å²) >= 11 is 0. The van der Waals surface area contributed by atoms with Crippen molar-refractivity contribution in [2.45, 2.75) is 69.9 Å². The normalized spacial score (nSPS) is 35.4. The summed E-state index contributed by atoms with van der Waals surface area (Å²) in [6.45, 7) is 2.19. The molecule has 98 valence electrons. The summed E-state index contributed by atoms with van der Waals surface area (Å²) in [5.74, 6) is -0.0536. The van der Waals surface area contributed by atoms with Crippen LogP contribution in [-0.4, -0.2) is 34.6 Å². The monoisotopic (exact) mass is 239 g/mol. The Balaban J connectivity index is 2.17. The van der Waals surface area contributed by atoms with Gasteiger partial charge in [0, 0.05) is 6.04 Å². The molecule has 3 nitrogen and oxygen atoms in total. The smallest absolute Gasteiger partial charge is 0.324 e. The molecule has 0 aromatic heterocycles. The van der Waals surface area contributed by atoms with E-state index in [0.717, 1.165) is 19.3 Å². The van der Waals surface area contributed by atoms with Crippen LogP contribution in [-0.2, 0) is 4.79 Å². The van der Waals surface area contributed by atoms with Crippen LogP contribution in [0.5, 0.6) is 0 Å². The second kappa shape index (κ2) is 4.97. The number of hydrogen-bond donors (Lipinski definition) is 1. The van der Waals surface area contributed by atoms with E-state index in [1.54, 1.807) is 0 Å². The molecule has 2 unspecified atom stereocenters. The molecule has 0 radical (unpaired) electrons. The van der Waals surface area contributed by atoms with Crippen molar-refractivity contribution in [2.75, 3.05) is 7.05 Å².